The number of methoxy groups -OCH3 is 1. The summed E-state index contributed by atoms with van der Waals surface area (Å²) in [6, 6.07) is 5.61. The van der Waals surface area contributed by atoms with Gasteiger partial charge in [0.2, 0.25) is 0 Å². The van der Waals surface area contributed by atoms with Gasteiger partial charge in [0.15, 0.2) is 0 Å². The summed E-state index contributed by atoms with van der Waals surface area (Å²) in [5.74, 6) is 0.746. The van der Waals surface area contributed by atoms with Crippen LogP contribution in [0.1, 0.15) is 18.6 Å². The van der Waals surface area contributed by atoms with Crippen LogP contribution in [0.25, 0.3) is 0 Å². The van der Waals surface area contributed by atoms with Crippen LogP contribution < -0.4 is 10.2 Å². The van der Waals surface area contributed by atoms with Crippen molar-refractivity contribution < 1.29 is 14.4 Å². The van der Waals surface area contributed by atoms with Crippen LogP contribution >= 0.6 is 0 Å². The normalized spacial score (nSPS) is 20.2. The smallest absolute Gasteiger partial charge is 0.492 e. The molecule has 0 unspecified atom stereocenters. The lowest BCUT2D eigenvalue weighted by molar-refractivity contribution is 0.209. The molecule has 3 nitrogen and oxygen atoms in total. The van der Waals surface area contributed by atoms with E-state index in [4.69, 9.17) is 9.39 Å². The Kier molecular flexibility index (Phi) is 2.02. The minimum Gasteiger partial charge on any atom is -0.497 e. The van der Waals surface area contributed by atoms with Crippen molar-refractivity contribution in [3.63, 3.8) is 0 Å². The van der Waals surface area contributed by atoms with Crippen LogP contribution in [0.4, 0.5) is 0 Å². The van der Waals surface area contributed by atoms with Crippen molar-refractivity contribution in [3.05, 3.63) is 23.8 Å². The number of ether oxygens (including phenoxy) is 1. The van der Waals surface area contributed by atoms with Crippen molar-refractivity contribution in [3.8, 4) is 5.75 Å². The molecule has 0 saturated heterocycles. The van der Waals surface area contributed by atoms with E-state index in [2.05, 4.69) is 0 Å². The highest BCUT2D eigenvalue weighted by Crippen LogP contribution is 2.24. The largest absolute Gasteiger partial charge is 0.497 e. The molecule has 0 bridgehead atoms. The van der Waals surface area contributed by atoms with Crippen molar-refractivity contribution >= 4 is 12.6 Å². The lowest BCUT2D eigenvalue weighted by atomic mass is 9.79. The van der Waals surface area contributed by atoms with E-state index in [1.54, 1.807) is 7.11 Å². The van der Waals surface area contributed by atoms with E-state index in [0.717, 1.165) is 16.8 Å². The molecule has 0 aliphatic carbocycles. The SMILES string of the molecule is COc1ccc2c(c1)B(O)O[C@@H]2C. The van der Waals surface area contributed by atoms with Crippen LogP contribution in [-0.4, -0.2) is 19.3 Å². The monoisotopic (exact) mass is 178 g/mol. The number of hydrogen-bond acceptors (Lipinski definition) is 3. The second-order valence-corrected chi connectivity index (χ2v) is 3.13. The van der Waals surface area contributed by atoms with Crippen molar-refractivity contribution in [2.45, 2.75) is 13.0 Å². The van der Waals surface area contributed by atoms with E-state index in [9.17, 15) is 5.02 Å². The average molecular weight is 178 g/mol. The Morgan fingerprint density at radius 3 is 3.00 bits per heavy atom. The fraction of sp³-hybridized carbons (Fsp3) is 0.333. The molecular formula is C9H11BO3. The first-order valence-corrected chi connectivity index (χ1v) is 4.23. The molecule has 0 aromatic heterocycles. The van der Waals surface area contributed by atoms with E-state index in [1.165, 1.54) is 0 Å². The maximum absolute atomic E-state index is 9.49. The summed E-state index contributed by atoms with van der Waals surface area (Å²) < 4.78 is 10.3. The van der Waals surface area contributed by atoms with Crippen molar-refractivity contribution in [1.29, 1.82) is 0 Å². The number of benzene rings is 1. The van der Waals surface area contributed by atoms with Crippen LogP contribution in [0.2, 0.25) is 0 Å². The minimum atomic E-state index is -0.805. The molecule has 0 radical (unpaired) electrons. The summed E-state index contributed by atoms with van der Waals surface area (Å²) >= 11 is 0. The molecule has 1 heterocycles. The quantitative estimate of drug-likeness (QED) is 0.635. The fourth-order valence-electron chi connectivity index (χ4n) is 1.60. The molecule has 1 aromatic carbocycles. The lowest BCUT2D eigenvalue weighted by Gasteiger charge is -2.04. The maximum Gasteiger partial charge on any atom is 0.492 e. The highest BCUT2D eigenvalue weighted by Gasteiger charge is 2.32. The van der Waals surface area contributed by atoms with Gasteiger partial charge < -0.3 is 14.4 Å². The van der Waals surface area contributed by atoms with Gasteiger partial charge >= 0.3 is 7.12 Å². The molecule has 0 saturated carbocycles. The molecule has 1 aliphatic rings. The fourth-order valence-corrected chi connectivity index (χ4v) is 1.60. The van der Waals surface area contributed by atoms with E-state index in [-0.39, 0.29) is 6.10 Å². The first-order valence-electron chi connectivity index (χ1n) is 4.23. The van der Waals surface area contributed by atoms with Gasteiger partial charge in [0.05, 0.1) is 13.2 Å². The van der Waals surface area contributed by atoms with Gasteiger partial charge in [0, 0.05) is 0 Å². The van der Waals surface area contributed by atoms with Crippen LogP contribution in [0.3, 0.4) is 0 Å². The lowest BCUT2D eigenvalue weighted by Crippen LogP contribution is -2.27. The van der Waals surface area contributed by atoms with Gasteiger partial charge in [-0.05, 0) is 30.1 Å². The third kappa shape index (κ3) is 1.32. The van der Waals surface area contributed by atoms with Gasteiger partial charge in [-0.2, -0.15) is 0 Å². The zero-order valence-electron chi connectivity index (χ0n) is 7.65. The van der Waals surface area contributed by atoms with Gasteiger partial charge in [-0.15, -0.1) is 0 Å². The number of fused-ring (bicyclic) bond motifs is 1. The molecular weight excluding hydrogens is 167 g/mol. The van der Waals surface area contributed by atoms with Crippen LogP contribution in [0, 0.1) is 0 Å². The molecule has 0 amide bonds. The molecule has 0 spiro atoms. The summed E-state index contributed by atoms with van der Waals surface area (Å²) in [4.78, 5) is 0. The van der Waals surface area contributed by atoms with Crippen LogP contribution in [0.15, 0.2) is 18.2 Å². The van der Waals surface area contributed by atoms with E-state index < -0.39 is 7.12 Å². The molecule has 1 aliphatic heterocycles. The predicted molar refractivity (Wildman–Crippen MR) is 50.1 cm³/mol. The zero-order valence-corrected chi connectivity index (χ0v) is 7.65. The summed E-state index contributed by atoms with van der Waals surface area (Å²) in [6.07, 6.45) is -0.0316. The second-order valence-electron chi connectivity index (χ2n) is 3.13. The van der Waals surface area contributed by atoms with E-state index in [0.29, 0.717) is 0 Å². The van der Waals surface area contributed by atoms with Gasteiger partial charge in [0.25, 0.3) is 0 Å². The Balaban J connectivity index is 2.46. The van der Waals surface area contributed by atoms with Gasteiger partial charge in [-0.25, -0.2) is 0 Å². The predicted octanol–water partition coefficient (Wildman–Crippen LogP) is 0.474. The molecule has 0 fully saturated rings. The summed E-state index contributed by atoms with van der Waals surface area (Å²) in [6.45, 7) is 1.92. The topological polar surface area (TPSA) is 38.7 Å². The van der Waals surface area contributed by atoms with Crippen molar-refractivity contribution in [2.75, 3.05) is 7.11 Å². The number of rotatable bonds is 1. The first-order chi connectivity index (χ1) is 6.22. The third-order valence-electron chi connectivity index (χ3n) is 2.33. The Morgan fingerprint density at radius 1 is 1.54 bits per heavy atom. The molecule has 13 heavy (non-hydrogen) atoms. The Hall–Kier alpha value is -0.995. The summed E-state index contributed by atoms with van der Waals surface area (Å²) in [7, 11) is 0.799. The molecule has 2 rings (SSSR count). The zero-order chi connectivity index (χ0) is 9.42. The van der Waals surface area contributed by atoms with Crippen LogP contribution in [0.5, 0.6) is 5.75 Å². The Bertz CT molecular complexity index is 327. The molecule has 1 aromatic rings. The van der Waals surface area contributed by atoms with Crippen molar-refractivity contribution in [2.24, 2.45) is 0 Å². The average Bonchev–Trinajstić information content (AvgIpc) is 2.42. The van der Waals surface area contributed by atoms with Crippen molar-refractivity contribution in [1.82, 2.24) is 0 Å². The summed E-state index contributed by atoms with van der Waals surface area (Å²) in [5, 5.41) is 9.49. The third-order valence-corrected chi connectivity index (χ3v) is 2.33. The highest BCUT2D eigenvalue weighted by atomic mass is 16.5. The van der Waals surface area contributed by atoms with Gasteiger partial charge in [0.1, 0.15) is 5.75 Å². The Morgan fingerprint density at radius 2 is 2.31 bits per heavy atom. The molecule has 1 N–H and O–H groups in total. The number of hydrogen-bond donors (Lipinski definition) is 1. The molecule has 4 heteroatoms. The van der Waals surface area contributed by atoms with Gasteiger partial charge in [-0.1, -0.05) is 6.07 Å². The Labute approximate surface area is 77.4 Å². The highest BCUT2D eigenvalue weighted by molar-refractivity contribution is 6.61. The molecule has 68 valence electrons. The molecule has 1 atom stereocenters. The first kappa shape index (κ1) is 8.60. The maximum atomic E-state index is 9.49. The van der Waals surface area contributed by atoms with Crippen LogP contribution in [-0.2, 0) is 4.65 Å². The second kappa shape index (κ2) is 3.05. The van der Waals surface area contributed by atoms with E-state index >= 15 is 0 Å². The van der Waals surface area contributed by atoms with E-state index in [1.807, 2.05) is 25.1 Å². The van der Waals surface area contributed by atoms with Gasteiger partial charge in [-0.3, -0.25) is 0 Å². The minimum absolute atomic E-state index is 0.0316. The standard InChI is InChI=1S/C9H11BO3/c1-6-8-4-3-7(12-2)5-9(8)10(11)13-6/h3-6,11H,1-2H3/t6-/m1/s1. The summed E-state index contributed by atoms with van der Waals surface area (Å²) in [5.41, 5.74) is 1.85.